The molecule has 13 rings (SSSR count). The number of amides is 7. The fraction of sp³-hybridized carbons (Fsp3) is 0.493. The number of aliphatic hydroxyl groups is 8. The SMILES string of the molecule is CNC[C@H]1O[C@@H](O[C@H]2[C@H](O)[C@@H](O)C(Oc3c4cc5cc3Oc3ccc(cc3Cl)[C@@H](OC3C[C@](C)(N)[C@@H](O)[C@H](C)O3)[C@@H]3NC(=O)[C@H](NC(=O)[C@@H]5NC(=O)[C@H](CC(N)=O)NC(=O)[C@H](NC(=O)[C@@H](CC(C)C)N(C)C)[C@H](O)c5ccc(c(Cl)c5)O4)c4ccc(O)c(c4)-c4c(cc(O)c(C)c4O)[C@H]([C-]=O)NC3=O)O[C@@H]2CO)[C@H](O)[C@@H](O)[C@H]1O.[Rb+]. The molecule has 115 heavy (non-hydrogen) atoms. The van der Waals surface area contributed by atoms with Gasteiger partial charge in [-0.2, -0.15) is 0 Å². The smallest absolute Gasteiger partial charge is 0.540 e. The molecule has 7 amide bonds. The van der Waals surface area contributed by atoms with Crippen LogP contribution in [0.3, 0.4) is 0 Å². The average Bonchev–Trinajstić information content (AvgIpc) is 0.761. The number of carbonyl (C=O) groups is 7. The number of ether oxygens (including phenoxy) is 8. The number of benzene rings is 5. The summed E-state index contributed by atoms with van der Waals surface area (Å²) in [7, 11) is 4.69. The van der Waals surface area contributed by atoms with E-state index in [9.17, 15) is 70.6 Å². The summed E-state index contributed by atoms with van der Waals surface area (Å²) in [6.45, 7) is 6.73. The Labute approximate surface area is 716 Å². The molecule has 22 N–H and O–H groups in total. The largest absolute Gasteiger partial charge is 1.00 e. The molecular weight excluding hydrogens is 1630 g/mol. The Bertz CT molecular complexity index is 4490. The Morgan fingerprint density at radius 3 is 1.90 bits per heavy atom. The molecule has 3 saturated heterocycles. The Hall–Kier alpha value is -7.39. The third-order valence-corrected chi connectivity index (χ3v) is 21.2. The molecule has 11 bridgehead atoms. The van der Waals surface area contributed by atoms with Crippen LogP contribution in [0, 0.1) is 12.8 Å². The number of hydrogen-bond donors (Lipinski definition) is 20. The van der Waals surface area contributed by atoms with Gasteiger partial charge in [0.25, 0.3) is 0 Å². The third-order valence-electron chi connectivity index (χ3n) is 20.6. The van der Waals surface area contributed by atoms with Crippen LogP contribution in [0.2, 0.25) is 10.0 Å². The van der Waals surface area contributed by atoms with Gasteiger partial charge in [-0.1, -0.05) is 55.2 Å². The standard InChI is InChI=1S/C75H91Cl2N10O27.Rb/c1-27(2)15-40(87(7)8)68(102)85-54-57(94)31-10-13-43(36(76)17-31)108-45-19-33-20-46(64(45)113-74-62(99)60(97)65(48(26-89)111-74)114-73-61(98)59(96)58(95)47(110-73)24-80-6)109-44-14-11-32(18-37(44)77)63(112-50-23-75(5,79)66(100)29(4)107-50)55-72(106)82-39(25-88)34-21-42(91)28(3)56(93)51(34)35-16-30(9-12-41(35)90)52(69(103)86-55)84-70(104)53(33)83-67(101)38(22-49(78)92)81-71(54)105;/h9-14,16-21,27,29,38-40,47-48,50,52-55,57-63,65-66,73-74,80,89-91,93-100H,15,22-24,26,79H2,1-8H3,(H2,78,92)(H,81,105)(H,82,106)(H,83,101)(H,84,104)(H,85,102)(H,86,103);/q-1;+1/t29-,38-,39-,40+,47+,48+,50?,52+,53+,54+,55-,57+,58-,59-,60+,61+,62+,63+,65+,66-,73-,74?,75-;/m0./s1. The second kappa shape index (κ2) is 37.3. The molecule has 8 aliphatic heterocycles. The minimum atomic E-state index is -2.38. The molecule has 37 nitrogen and oxygen atoms in total. The van der Waals surface area contributed by atoms with Gasteiger partial charge in [0.05, 0.1) is 41.3 Å². The van der Waals surface area contributed by atoms with E-state index in [0.717, 1.165) is 42.5 Å². The molecule has 5 aromatic carbocycles. The Balaban J connectivity index is 0.0000140. The van der Waals surface area contributed by atoms with E-state index in [1.54, 1.807) is 25.3 Å². The summed E-state index contributed by atoms with van der Waals surface area (Å²) in [6.07, 6.45) is -26.4. The van der Waals surface area contributed by atoms with Gasteiger partial charge in [0.2, 0.25) is 53.4 Å². The number of nitrogens with two attached hydrogens (primary N) is 2. The number of hydrogen-bond acceptors (Lipinski definition) is 30. The second-order valence-corrected chi connectivity index (χ2v) is 30.5. The van der Waals surface area contributed by atoms with Crippen LogP contribution in [-0.2, 0) is 62.0 Å². The van der Waals surface area contributed by atoms with Crippen LogP contribution in [0.1, 0.15) is 111 Å². The van der Waals surface area contributed by atoms with Crippen molar-refractivity contribution in [2.24, 2.45) is 17.4 Å². The van der Waals surface area contributed by atoms with Crippen molar-refractivity contribution in [2.75, 3.05) is 34.3 Å². The second-order valence-electron chi connectivity index (χ2n) is 29.7. The van der Waals surface area contributed by atoms with Crippen LogP contribution >= 0.6 is 23.2 Å². The van der Waals surface area contributed by atoms with Gasteiger partial charge in [-0.05, 0) is 143 Å². The number of nitrogens with zero attached hydrogens (tertiary/aromatic N) is 1. The van der Waals surface area contributed by atoms with Gasteiger partial charge in [0, 0.05) is 35.2 Å². The number of halogens is 2. The number of primary amides is 1. The maximum atomic E-state index is 16.4. The van der Waals surface area contributed by atoms with Gasteiger partial charge in [-0.15, -0.1) is 0 Å². The van der Waals surface area contributed by atoms with E-state index in [4.69, 9.17) is 72.6 Å². The molecule has 23 atom stereocenters. The summed E-state index contributed by atoms with van der Waals surface area (Å²) >= 11 is 14.4. The quantitative estimate of drug-likeness (QED) is 0.0393. The predicted molar refractivity (Wildman–Crippen MR) is 396 cm³/mol. The van der Waals surface area contributed by atoms with Gasteiger partial charge in [-0.25, -0.2) is 6.29 Å². The molecule has 0 radical (unpaired) electrons. The first-order chi connectivity index (χ1) is 53.8. The van der Waals surface area contributed by atoms with Crippen molar-refractivity contribution in [1.29, 1.82) is 0 Å². The Kier molecular flexibility index (Phi) is 29.1. The average molecular weight is 1720 g/mol. The number of phenolic OH excluding ortho intramolecular Hbond substituents is 3. The number of carbonyl (C=O) groups excluding carboxylic acids is 8. The van der Waals surface area contributed by atoms with Crippen molar-refractivity contribution in [3.05, 3.63) is 116 Å². The number of aliphatic hydroxyl groups excluding tert-OH is 8. The zero-order valence-electron chi connectivity index (χ0n) is 63.6. The third kappa shape index (κ3) is 19.3. The van der Waals surface area contributed by atoms with Crippen molar-refractivity contribution in [1.82, 2.24) is 42.1 Å². The fourth-order valence-electron chi connectivity index (χ4n) is 14.4. The number of rotatable bonds is 17. The molecule has 2 unspecified atom stereocenters. The summed E-state index contributed by atoms with van der Waals surface area (Å²) in [5, 5.41) is 144. The zero-order valence-corrected chi connectivity index (χ0v) is 70.0. The monoisotopic (exact) mass is 1720 g/mol. The number of fused-ring (bicyclic) bond motifs is 15. The number of likely N-dealkylation sites (N-methyl/N-ethyl adjacent to an activating group) is 2. The molecular formula is C75H91Cl2N10O27Rb. The van der Waals surface area contributed by atoms with E-state index in [1.807, 2.05) is 13.8 Å². The maximum absolute atomic E-state index is 16.4. The van der Waals surface area contributed by atoms with Crippen LogP contribution in [0.25, 0.3) is 11.1 Å². The summed E-state index contributed by atoms with van der Waals surface area (Å²) in [6, 6.07) is -0.623. The molecule has 3 fully saturated rings. The van der Waals surface area contributed by atoms with Crippen LogP contribution < -0.4 is 121 Å². The minimum Gasteiger partial charge on any atom is -0.540 e. The van der Waals surface area contributed by atoms with Gasteiger partial charge < -0.3 is 148 Å². The molecule has 40 heteroatoms. The van der Waals surface area contributed by atoms with Crippen molar-refractivity contribution in [2.45, 2.75) is 194 Å². The van der Waals surface area contributed by atoms with E-state index >= 15 is 24.0 Å². The summed E-state index contributed by atoms with van der Waals surface area (Å²) in [5.41, 5.74) is 8.40. The van der Waals surface area contributed by atoms with E-state index in [1.165, 1.54) is 58.2 Å². The Morgan fingerprint density at radius 1 is 0.704 bits per heavy atom. The van der Waals surface area contributed by atoms with E-state index in [0.29, 0.717) is 0 Å². The van der Waals surface area contributed by atoms with E-state index < -0.39 is 267 Å². The summed E-state index contributed by atoms with van der Waals surface area (Å²) in [5.74, 6) is -14.0. The summed E-state index contributed by atoms with van der Waals surface area (Å²) < 4.78 is 50.7. The topological polar surface area (TPSA) is 572 Å². The van der Waals surface area contributed by atoms with Crippen LogP contribution in [-0.4, -0.2) is 253 Å². The molecule has 0 spiro atoms. The normalized spacial score (nSPS) is 31.3. The van der Waals surface area contributed by atoms with Gasteiger partial charge >= 0.3 is 58.2 Å². The van der Waals surface area contributed by atoms with E-state index in [-0.39, 0.29) is 111 Å². The van der Waals surface area contributed by atoms with Crippen molar-refractivity contribution in [3.8, 4) is 57.1 Å². The molecule has 8 aliphatic rings. The van der Waals surface area contributed by atoms with E-state index in [2.05, 4.69) is 37.2 Å². The van der Waals surface area contributed by atoms with Gasteiger partial charge in [0.15, 0.2) is 24.1 Å². The van der Waals surface area contributed by atoms with Crippen molar-refractivity contribution >= 4 is 70.8 Å². The van der Waals surface area contributed by atoms with Crippen molar-refractivity contribution in [3.63, 3.8) is 0 Å². The molecule has 5 aromatic rings. The number of nitrogens with one attached hydrogen (secondary N) is 7. The maximum Gasteiger partial charge on any atom is 1.00 e. The van der Waals surface area contributed by atoms with Gasteiger partial charge in [-0.3, -0.25) is 38.5 Å². The summed E-state index contributed by atoms with van der Waals surface area (Å²) in [4.78, 5) is 121. The molecule has 0 aromatic heterocycles. The van der Waals surface area contributed by atoms with Crippen LogP contribution in [0.4, 0.5) is 0 Å². The minimum absolute atomic E-state index is 0. The van der Waals surface area contributed by atoms with Crippen LogP contribution in [0.15, 0.2) is 72.8 Å². The van der Waals surface area contributed by atoms with Crippen LogP contribution in [0.5, 0.6) is 46.0 Å². The molecule has 0 saturated carbocycles. The zero-order chi connectivity index (χ0) is 83.1. The molecule has 0 aliphatic carbocycles. The Morgan fingerprint density at radius 2 is 1.30 bits per heavy atom. The van der Waals surface area contributed by atoms with Gasteiger partial charge in [0.1, 0.15) is 120 Å². The van der Waals surface area contributed by atoms with Crippen molar-refractivity contribution < 1.29 is 191 Å². The predicted octanol–water partition coefficient (Wildman–Crippen LogP) is -4.16. The first kappa shape index (κ1) is 89.9. The molecule has 8 heterocycles. The first-order valence-corrected chi connectivity index (χ1v) is 37.0. The first-order valence-electron chi connectivity index (χ1n) is 36.2. The number of phenols is 3. The number of aromatic hydroxyl groups is 3. The fourth-order valence-corrected chi connectivity index (χ4v) is 14.8. The molecule has 618 valence electrons.